The van der Waals surface area contributed by atoms with Crippen molar-refractivity contribution in [2.24, 2.45) is 28.6 Å². The summed E-state index contributed by atoms with van der Waals surface area (Å²) in [6, 6.07) is 9.41. The lowest BCUT2D eigenvalue weighted by Gasteiger charge is -2.63. The largest absolute Gasteiger partial charge is 0.390 e. The van der Waals surface area contributed by atoms with Gasteiger partial charge in [0.05, 0.1) is 23.9 Å². The molecule has 3 saturated carbocycles. The molecule has 1 unspecified atom stereocenters. The van der Waals surface area contributed by atoms with Gasteiger partial charge in [0.1, 0.15) is 12.8 Å². The van der Waals surface area contributed by atoms with E-state index in [9.17, 15) is 19.8 Å². The number of fused-ring (bicyclic) bond motifs is 8. The normalized spacial score (nSPS) is 43.6. The summed E-state index contributed by atoms with van der Waals surface area (Å²) in [7, 11) is 0. The van der Waals surface area contributed by atoms with Crippen LogP contribution in [0.5, 0.6) is 0 Å². The van der Waals surface area contributed by atoms with Crippen LogP contribution in [-0.2, 0) is 14.4 Å². The van der Waals surface area contributed by atoms with Gasteiger partial charge in [-0.3, -0.25) is 24.5 Å². The number of aliphatic hydroxyl groups is 2. The second-order valence-corrected chi connectivity index (χ2v) is 12.6. The van der Waals surface area contributed by atoms with Gasteiger partial charge in [-0.2, -0.15) is 0 Å². The van der Waals surface area contributed by atoms with Crippen molar-refractivity contribution in [2.45, 2.75) is 56.7 Å². The number of hydrogen-bond donors (Lipinski definition) is 2. The first-order valence-corrected chi connectivity index (χ1v) is 13.9. The lowest BCUT2D eigenvalue weighted by Crippen LogP contribution is -2.70. The highest BCUT2D eigenvalue weighted by Crippen LogP contribution is 2.72. The maximum Gasteiger partial charge on any atom is 0.193 e. The lowest BCUT2D eigenvalue weighted by molar-refractivity contribution is -0.228. The molecule has 7 rings (SSSR count). The van der Waals surface area contributed by atoms with Gasteiger partial charge in [-0.05, 0) is 74.1 Å². The van der Waals surface area contributed by atoms with E-state index in [1.165, 1.54) is 18.2 Å². The molecular formula is C31H32F2N2O5. The number of carbonyl (C=O) groups is 2. The van der Waals surface area contributed by atoms with Gasteiger partial charge in [0.25, 0.3) is 0 Å². The Morgan fingerprint density at radius 1 is 1.23 bits per heavy atom. The molecule has 1 aliphatic heterocycles. The highest BCUT2D eigenvalue weighted by atomic mass is 19.1. The molecule has 0 bridgehead atoms. The molecule has 7 nitrogen and oxygen atoms in total. The summed E-state index contributed by atoms with van der Waals surface area (Å²) in [5.74, 6) is -2.74. The smallest absolute Gasteiger partial charge is 0.193 e. The SMILES string of the molecule is C[C@]12C=CC(=O)C=C1[C@@H](F)C[C@H]1C3C[C@H]4CN(c5ccc6ncccc6c5)O[C@@]4(C(=O)CO)[C@@]3(C)C[C@H](O)[C@@]12F. The Kier molecular flexibility index (Phi) is 5.36. The van der Waals surface area contributed by atoms with E-state index in [4.69, 9.17) is 4.84 Å². The first-order chi connectivity index (χ1) is 19.0. The number of alkyl halides is 2. The Hall–Kier alpha value is -3.01. The minimum atomic E-state index is -2.24. The average Bonchev–Trinajstić information content (AvgIpc) is 3.44. The average molecular weight is 551 g/mol. The molecule has 5 aliphatic rings. The molecule has 1 aromatic heterocycles. The standard InChI is InChI=1S/C31H32F2N2O5/c1-28-8-7-20(37)12-23(28)24(32)13-22-21-11-18-15-35(19-5-6-25-17(10-19)4-3-9-34-25)40-31(18,27(39)16-36)29(21,2)14-26(38)30(22,28)33/h3-10,12,18,21-22,24,26,36,38H,11,13-16H2,1-2H3/t18-,21?,22-,24-,26-,28-,29-,30-,31-/m0/s1. The van der Waals surface area contributed by atoms with E-state index in [0.29, 0.717) is 13.0 Å². The molecule has 2 aromatic rings. The summed E-state index contributed by atoms with van der Waals surface area (Å²) >= 11 is 0. The van der Waals surface area contributed by atoms with Gasteiger partial charge in [0.2, 0.25) is 0 Å². The quantitative estimate of drug-likeness (QED) is 0.599. The number of ketones is 2. The molecule has 0 spiro atoms. The van der Waals surface area contributed by atoms with Crippen LogP contribution in [-0.4, -0.2) is 63.5 Å². The maximum atomic E-state index is 17.5. The van der Waals surface area contributed by atoms with E-state index in [-0.39, 0.29) is 18.4 Å². The molecule has 2 N–H and O–H groups in total. The van der Waals surface area contributed by atoms with Crippen LogP contribution in [0, 0.1) is 28.6 Å². The number of pyridine rings is 1. The molecule has 9 heteroatoms. The number of carbonyl (C=O) groups excluding carboxylic acids is 2. The van der Waals surface area contributed by atoms with E-state index < -0.39 is 70.3 Å². The third kappa shape index (κ3) is 2.95. The predicted octanol–water partition coefficient (Wildman–Crippen LogP) is 3.83. The van der Waals surface area contributed by atoms with Gasteiger partial charge in [-0.15, -0.1) is 0 Å². The van der Waals surface area contributed by atoms with Crippen molar-refractivity contribution in [3.63, 3.8) is 0 Å². The first-order valence-electron chi connectivity index (χ1n) is 13.9. The number of Topliss-reactive ketones (excluding diaryl/α,β-unsaturated/α-hetero) is 1. The number of benzene rings is 1. The molecule has 0 radical (unpaired) electrons. The van der Waals surface area contributed by atoms with Crippen LogP contribution in [0.15, 0.2) is 60.3 Å². The minimum absolute atomic E-state index is 0.0639. The number of hydrogen-bond acceptors (Lipinski definition) is 7. The van der Waals surface area contributed by atoms with Crippen molar-refractivity contribution in [3.05, 3.63) is 60.3 Å². The number of rotatable bonds is 3. The molecule has 1 aromatic carbocycles. The van der Waals surface area contributed by atoms with Crippen LogP contribution in [0.2, 0.25) is 0 Å². The van der Waals surface area contributed by atoms with Crippen molar-refractivity contribution in [1.82, 2.24) is 4.98 Å². The number of anilines is 1. The number of aliphatic hydroxyl groups excluding tert-OH is 2. The van der Waals surface area contributed by atoms with Gasteiger partial charge in [0, 0.05) is 34.2 Å². The summed E-state index contributed by atoms with van der Waals surface area (Å²) in [6.45, 7) is 2.94. The van der Waals surface area contributed by atoms with Crippen molar-refractivity contribution in [3.8, 4) is 0 Å². The van der Waals surface area contributed by atoms with Crippen LogP contribution in [0.1, 0.15) is 33.1 Å². The first kappa shape index (κ1) is 25.9. The highest BCUT2D eigenvalue weighted by molar-refractivity contribution is 6.01. The molecule has 4 aliphatic carbocycles. The fourth-order valence-corrected chi connectivity index (χ4v) is 9.24. The van der Waals surface area contributed by atoms with Gasteiger partial charge in [-0.25, -0.2) is 8.78 Å². The summed E-state index contributed by atoms with van der Waals surface area (Å²) in [5, 5.41) is 24.3. The number of halogens is 2. The predicted molar refractivity (Wildman–Crippen MR) is 143 cm³/mol. The third-order valence-electron chi connectivity index (χ3n) is 11.1. The second kappa shape index (κ2) is 8.27. The molecule has 1 saturated heterocycles. The number of nitrogens with zero attached hydrogens (tertiary/aromatic N) is 2. The zero-order chi connectivity index (χ0) is 28.2. The van der Waals surface area contributed by atoms with Crippen molar-refractivity contribution >= 4 is 28.2 Å². The van der Waals surface area contributed by atoms with Gasteiger partial charge >= 0.3 is 0 Å². The van der Waals surface area contributed by atoms with Crippen LogP contribution in [0.25, 0.3) is 10.9 Å². The van der Waals surface area contributed by atoms with Crippen molar-refractivity contribution in [2.75, 3.05) is 18.2 Å². The van der Waals surface area contributed by atoms with Crippen LogP contribution < -0.4 is 5.06 Å². The summed E-state index contributed by atoms with van der Waals surface area (Å²) in [4.78, 5) is 36.7. The Morgan fingerprint density at radius 2 is 2.02 bits per heavy atom. The maximum absolute atomic E-state index is 17.5. The Morgan fingerprint density at radius 3 is 2.80 bits per heavy atom. The van der Waals surface area contributed by atoms with E-state index >= 15 is 8.78 Å². The van der Waals surface area contributed by atoms with E-state index in [1.54, 1.807) is 18.2 Å². The summed E-state index contributed by atoms with van der Waals surface area (Å²) in [5.41, 5.74) is -4.73. The summed E-state index contributed by atoms with van der Waals surface area (Å²) in [6.07, 6.45) is 2.50. The number of aromatic nitrogens is 1. The van der Waals surface area contributed by atoms with Crippen LogP contribution in [0.4, 0.5) is 14.5 Å². The fraction of sp³-hybridized carbons (Fsp3) is 0.516. The van der Waals surface area contributed by atoms with Crippen LogP contribution >= 0.6 is 0 Å². The van der Waals surface area contributed by atoms with E-state index in [2.05, 4.69) is 4.98 Å². The minimum Gasteiger partial charge on any atom is -0.390 e. The third-order valence-corrected chi connectivity index (χ3v) is 11.1. The van der Waals surface area contributed by atoms with Gasteiger partial charge in [-0.1, -0.05) is 19.1 Å². The number of hydroxylamine groups is 1. The van der Waals surface area contributed by atoms with Gasteiger partial charge < -0.3 is 10.2 Å². The highest BCUT2D eigenvalue weighted by Gasteiger charge is 2.79. The monoisotopic (exact) mass is 550 g/mol. The zero-order valence-electron chi connectivity index (χ0n) is 22.4. The zero-order valence-corrected chi connectivity index (χ0v) is 22.4. The second-order valence-electron chi connectivity index (χ2n) is 12.6. The molecule has 210 valence electrons. The Labute approximate surface area is 230 Å². The lowest BCUT2D eigenvalue weighted by atomic mass is 9.44. The van der Waals surface area contributed by atoms with Crippen molar-refractivity contribution in [1.29, 1.82) is 0 Å². The molecule has 4 fully saturated rings. The molecule has 9 atom stereocenters. The van der Waals surface area contributed by atoms with Crippen LogP contribution in [0.3, 0.4) is 0 Å². The molecule has 2 heterocycles. The van der Waals surface area contributed by atoms with Gasteiger partial charge in [0.15, 0.2) is 22.8 Å². The topological polar surface area (TPSA) is 100.0 Å². The van der Waals surface area contributed by atoms with E-state index in [0.717, 1.165) is 16.6 Å². The van der Waals surface area contributed by atoms with Crippen molar-refractivity contribution < 1.29 is 33.4 Å². The molecule has 0 amide bonds. The molecule has 40 heavy (non-hydrogen) atoms. The Balaban J connectivity index is 1.31. The molecular weight excluding hydrogens is 518 g/mol. The number of allylic oxidation sites excluding steroid dienone is 4. The Bertz CT molecular complexity index is 1510. The summed E-state index contributed by atoms with van der Waals surface area (Å²) < 4.78 is 33.3. The van der Waals surface area contributed by atoms with E-state index in [1.807, 2.05) is 37.3 Å². The fourth-order valence-electron chi connectivity index (χ4n) is 9.24.